The summed E-state index contributed by atoms with van der Waals surface area (Å²) in [6.45, 7) is 4.56. The molecule has 1 saturated heterocycles. The van der Waals surface area contributed by atoms with Gasteiger partial charge in [0.05, 0.1) is 6.54 Å². The fourth-order valence-corrected chi connectivity index (χ4v) is 4.04. The number of hydrogen-bond acceptors (Lipinski definition) is 3. The molecule has 25 heavy (non-hydrogen) atoms. The molecule has 0 bridgehead atoms. The zero-order valence-corrected chi connectivity index (χ0v) is 15.1. The van der Waals surface area contributed by atoms with E-state index in [0.717, 1.165) is 37.8 Å². The number of benzene rings is 1. The zero-order valence-electron chi connectivity index (χ0n) is 15.1. The van der Waals surface area contributed by atoms with Crippen LogP contribution >= 0.6 is 0 Å². The summed E-state index contributed by atoms with van der Waals surface area (Å²) in [5.41, 5.74) is 1.22. The number of aliphatic hydroxyl groups is 1. The van der Waals surface area contributed by atoms with Crippen molar-refractivity contribution in [1.29, 1.82) is 0 Å². The maximum absolute atomic E-state index is 12.0. The van der Waals surface area contributed by atoms with E-state index in [-0.39, 0.29) is 12.6 Å². The lowest BCUT2D eigenvalue weighted by atomic mass is 9.79. The van der Waals surface area contributed by atoms with Gasteiger partial charge in [0, 0.05) is 6.54 Å². The molecule has 0 aromatic heterocycles. The van der Waals surface area contributed by atoms with E-state index in [9.17, 15) is 9.90 Å². The minimum atomic E-state index is -0.943. The van der Waals surface area contributed by atoms with E-state index >= 15 is 0 Å². The second-order valence-electron chi connectivity index (χ2n) is 7.41. The third-order valence-corrected chi connectivity index (χ3v) is 5.48. The first kappa shape index (κ1) is 18.2. The van der Waals surface area contributed by atoms with Gasteiger partial charge in [-0.1, -0.05) is 24.3 Å². The first-order chi connectivity index (χ1) is 12.2. The molecule has 1 heterocycles. The van der Waals surface area contributed by atoms with E-state index in [1.165, 1.54) is 31.5 Å². The van der Waals surface area contributed by atoms with Gasteiger partial charge in [-0.2, -0.15) is 0 Å². The molecule has 1 aromatic rings. The van der Waals surface area contributed by atoms with Crippen molar-refractivity contribution in [3.63, 3.8) is 0 Å². The second kappa shape index (κ2) is 8.68. The van der Waals surface area contributed by atoms with Crippen LogP contribution < -0.4 is 10.6 Å². The molecule has 2 aliphatic rings. The fraction of sp³-hybridized carbons (Fsp3) is 0.650. The maximum atomic E-state index is 12.0. The number of likely N-dealkylation sites (tertiary alicyclic amines) is 1. The maximum Gasteiger partial charge on any atom is 0.314 e. The van der Waals surface area contributed by atoms with E-state index in [1.54, 1.807) is 0 Å². The van der Waals surface area contributed by atoms with Crippen molar-refractivity contribution in [3.8, 4) is 0 Å². The quantitative estimate of drug-likeness (QED) is 0.665. The number of nitrogens with one attached hydrogen (secondary N) is 2. The van der Waals surface area contributed by atoms with Crippen molar-refractivity contribution in [2.75, 3.05) is 32.7 Å². The number of amides is 2. The predicted octanol–water partition coefficient (Wildman–Crippen LogP) is 2.39. The topological polar surface area (TPSA) is 64.6 Å². The Bertz CT molecular complexity index is 572. The van der Waals surface area contributed by atoms with Gasteiger partial charge < -0.3 is 20.6 Å². The summed E-state index contributed by atoms with van der Waals surface area (Å²) in [7, 11) is 0. The van der Waals surface area contributed by atoms with Gasteiger partial charge in [0.2, 0.25) is 0 Å². The molecule has 1 fully saturated rings. The minimum absolute atomic E-state index is 0.183. The molecule has 5 heteroatoms. The highest BCUT2D eigenvalue weighted by molar-refractivity contribution is 5.73. The van der Waals surface area contributed by atoms with Crippen molar-refractivity contribution < 1.29 is 9.90 Å². The lowest BCUT2D eigenvalue weighted by molar-refractivity contribution is 0.0217. The largest absolute Gasteiger partial charge is 0.383 e. The van der Waals surface area contributed by atoms with Gasteiger partial charge in [0.25, 0.3) is 0 Å². The number of unbranched alkanes of at least 4 members (excludes halogenated alkanes) is 1. The van der Waals surface area contributed by atoms with Gasteiger partial charge in [-0.05, 0) is 75.7 Å². The van der Waals surface area contributed by atoms with E-state index < -0.39 is 5.60 Å². The smallest absolute Gasteiger partial charge is 0.314 e. The molecule has 1 aliphatic heterocycles. The number of carbonyl (C=O) groups excluding carboxylic acids is 1. The first-order valence-corrected chi connectivity index (χ1v) is 9.72. The summed E-state index contributed by atoms with van der Waals surface area (Å²) < 4.78 is 0. The Balaban J connectivity index is 1.36. The molecule has 3 N–H and O–H groups in total. The van der Waals surface area contributed by atoms with Crippen molar-refractivity contribution in [3.05, 3.63) is 35.4 Å². The standard InChI is InChI=1S/C20H31N3O2/c24-19(21-12-3-4-13-23-14-5-6-15-23)22-16-20(25)11-7-9-17-8-1-2-10-18(17)20/h1-2,8,10,25H,3-7,9,11-16H2,(H2,21,22,24). The van der Waals surface area contributed by atoms with Gasteiger partial charge in [0.15, 0.2) is 0 Å². The number of aryl methyl sites for hydroxylation is 1. The fourth-order valence-electron chi connectivity index (χ4n) is 4.04. The molecule has 5 nitrogen and oxygen atoms in total. The average Bonchev–Trinajstić information content (AvgIpc) is 3.14. The lowest BCUT2D eigenvalue weighted by Crippen LogP contribution is -2.46. The molecule has 3 rings (SSSR count). The summed E-state index contributed by atoms with van der Waals surface area (Å²) in [6, 6.07) is 7.83. The summed E-state index contributed by atoms with van der Waals surface area (Å²) in [6.07, 6.45) is 7.42. The number of rotatable bonds is 7. The molecule has 1 aliphatic carbocycles. The summed E-state index contributed by atoms with van der Waals surface area (Å²) in [5.74, 6) is 0. The van der Waals surface area contributed by atoms with Gasteiger partial charge in [0.1, 0.15) is 5.60 Å². The normalized spacial score (nSPS) is 23.2. The minimum Gasteiger partial charge on any atom is -0.383 e. The number of fused-ring (bicyclic) bond motifs is 1. The molecule has 1 unspecified atom stereocenters. The molecule has 138 valence electrons. The average molecular weight is 345 g/mol. The van der Waals surface area contributed by atoms with Gasteiger partial charge in [-0.15, -0.1) is 0 Å². The van der Waals surface area contributed by atoms with Crippen LogP contribution in [0.5, 0.6) is 0 Å². The van der Waals surface area contributed by atoms with Crippen molar-refractivity contribution >= 4 is 6.03 Å². The van der Waals surface area contributed by atoms with Crippen LogP contribution in [-0.2, 0) is 12.0 Å². The first-order valence-electron chi connectivity index (χ1n) is 9.72. The molecular formula is C20H31N3O2. The Morgan fingerprint density at radius 1 is 1.12 bits per heavy atom. The van der Waals surface area contributed by atoms with E-state index in [4.69, 9.17) is 0 Å². The highest BCUT2D eigenvalue weighted by Gasteiger charge is 2.34. The Morgan fingerprint density at radius 3 is 2.76 bits per heavy atom. The third-order valence-electron chi connectivity index (χ3n) is 5.48. The zero-order chi connectivity index (χ0) is 17.5. The molecule has 2 amide bonds. The highest BCUT2D eigenvalue weighted by atomic mass is 16.3. The van der Waals surface area contributed by atoms with Crippen LogP contribution in [0.2, 0.25) is 0 Å². The number of nitrogens with zero attached hydrogens (tertiary/aromatic N) is 1. The van der Waals surface area contributed by atoms with Crippen molar-refractivity contribution in [2.24, 2.45) is 0 Å². The SMILES string of the molecule is O=C(NCCCCN1CCCC1)NCC1(O)CCCc2ccccc21. The number of carbonyl (C=O) groups is 1. The number of urea groups is 1. The predicted molar refractivity (Wildman–Crippen MR) is 99.6 cm³/mol. The van der Waals surface area contributed by atoms with Crippen LogP contribution in [0.1, 0.15) is 49.7 Å². The van der Waals surface area contributed by atoms with Crippen molar-refractivity contribution in [2.45, 2.75) is 50.5 Å². The van der Waals surface area contributed by atoms with E-state index in [2.05, 4.69) is 21.6 Å². The molecule has 0 radical (unpaired) electrons. The van der Waals surface area contributed by atoms with E-state index in [1.807, 2.05) is 18.2 Å². The van der Waals surface area contributed by atoms with Crippen LogP contribution in [0.25, 0.3) is 0 Å². The molecular weight excluding hydrogens is 314 g/mol. The summed E-state index contributed by atoms with van der Waals surface area (Å²) in [5, 5.41) is 16.7. The summed E-state index contributed by atoms with van der Waals surface area (Å²) in [4.78, 5) is 14.5. The Morgan fingerprint density at radius 2 is 1.92 bits per heavy atom. The molecule has 1 atom stereocenters. The van der Waals surface area contributed by atoms with E-state index in [0.29, 0.717) is 13.0 Å². The van der Waals surface area contributed by atoms with Gasteiger partial charge in [-0.25, -0.2) is 4.79 Å². The van der Waals surface area contributed by atoms with Crippen LogP contribution in [0.4, 0.5) is 4.79 Å². The Labute approximate surface area is 150 Å². The third kappa shape index (κ3) is 4.95. The monoisotopic (exact) mass is 345 g/mol. The van der Waals surface area contributed by atoms with Crippen LogP contribution in [0.15, 0.2) is 24.3 Å². The Hall–Kier alpha value is -1.59. The van der Waals surface area contributed by atoms with Crippen LogP contribution in [-0.4, -0.2) is 48.8 Å². The molecule has 1 aromatic carbocycles. The van der Waals surface area contributed by atoms with Crippen LogP contribution in [0.3, 0.4) is 0 Å². The van der Waals surface area contributed by atoms with Gasteiger partial charge in [-0.3, -0.25) is 0 Å². The Kier molecular flexibility index (Phi) is 6.32. The molecule has 0 saturated carbocycles. The van der Waals surface area contributed by atoms with Crippen molar-refractivity contribution in [1.82, 2.24) is 15.5 Å². The lowest BCUT2D eigenvalue weighted by Gasteiger charge is -2.34. The summed E-state index contributed by atoms with van der Waals surface area (Å²) >= 11 is 0. The second-order valence-corrected chi connectivity index (χ2v) is 7.41. The van der Waals surface area contributed by atoms with Crippen LogP contribution in [0, 0.1) is 0 Å². The number of hydrogen-bond donors (Lipinski definition) is 3. The van der Waals surface area contributed by atoms with Gasteiger partial charge >= 0.3 is 6.03 Å². The highest BCUT2D eigenvalue weighted by Crippen LogP contribution is 2.34. The molecule has 0 spiro atoms.